The highest BCUT2D eigenvalue weighted by Gasteiger charge is 2.22. The summed E-state index contributed by atoms with van der Waals surface area (Å²) in [6, 6.07) is 0. The van der Waals surface area contributed by atoms with E-state index in [1.165, 1.54) is 13.0 Å². The summed E-state index contributed by atoms with van der Waals surface area (Å²) in [6.45, 7) is 12.2. The third-order valence-corrected chi connectivity index (χ3v) is 3.53. The van der Waals surface area contributed by atoms with Gasteiger partial charge in [0.1, 0.15) is 0 Å². The van der Waals surface area contributed by atoms with Crippen LogP contribution in [0.3, 0.4) is 0 Å². The Morgan fingerprint density at radius 1 is 1.47 bits per heavy atom. The molecule has 2 N–H and O–H groups in total. The summed E-state index contributed by atoms with van der Waals surface area (Å²) in [5.41, 5.74) is 0. The van der Waals surface area contributed by atoms with E-state index < -0.39 is 0 Å². The van der Waals surface area contributed by atoms with Gasteiger partial charge in [0.05, 0.1) is 0 Å². The van der Waals surface area contributed by atoms with Gasteiger partial charge in [-0.2, -0.15) is 0 Å². The van der Waals surface area contributed by atoms with Crippen LogP contribution < -0.4 is 10.6 Å². The molecule has 1 aliphatic rings. The maximum atomic E-state index is 11.8. The second-order valence-corrected chi connectivity index (χ2v) is 5.00. The number of likely N-dealkylation sites (tertiary alicyclic amines) is 1. The topological polar surface area (TPSA) is 44.4 Å². The molecule has 0 aromatic rings. The van der Waals surface area contributed by atoms with Crippen molar-refractivity contribution >= 4 is 5.91 Å². The fourth-order valence-electron chi connectivity index (χ4n) is 2.24. The van der Waals surface area contributed by atoms with Crippen LogP contribution in [0.1, 0.15) is 27.2 Å². The minimum Gasteiger partial charge on any atom is -0.356 e. The van der Waals surface area contributed by atoms with Crippen LogP contribution in [-0.2, 0) is 4.79 Å². The Kier molecular flexibility index (Phi) is 6.52. The molecule has 0 bridgehead atoms. The van der Waals surface area contributed by atoms with Crippen molar-refractivity contribution in [1.29, 1.82) is 0 Å². The third-order valence-electron chi connectivity index (χ3n) is 3.53. The number of rotatable bonds is 7. The minimum absolute atomic E-state index is 0.0682. The van der Waals surface area contributed by atoms with Gasteiger partial charge in [0.15, 0.2) is 0 Å². The Hall–Kier alpha value is -0.610. The van der Waals surface area contributed by atoms with Crippen molar-refractivity contribution in [2.75, 3.05) is 39.3 Å². The Bertz CT molecular complexity index is 233. The lowest BCUT2D eigenvalue weighted by molar-refractivity contribution is -0.124. The fraction of sp³-hybridized carbons (Fsp3) is 0.923. The Labute approximate surface area is 105 Å². The van der Waals surface area contributed by atoms with Crippen LogP contribution in [0.25, 0.3) is 0 Å². The first-order valence-electron chi connectivity index (χ1n) is 6.88. The average molecular weight is 241 g/mol. The number of hydrogen-bond donors (Lipinski definition) is 2. The van der Waals surface area contributed by atoms with Crippen molar-refractivity contribution in [2.45, 2.75) is 27.2 Å². The lowest BCUT2D eigenvalue weighted by Gasteiger charge is -2.16. The molecule has 1 rings (SSSR count). The highest BCUT2D eigenvalue weighted by molar-refractivity contribution is 5.78. The van der Waals surface area contributed by atoms with E-state index in [1.807, 2.05) is 6.92 Å². The maximum Gasteiger partial charge on any atom is 0.224 e. The summed E-state index contributed by atoms with van der Waals surface area (Å²) in [5, 5.41) is 6.28. The zero-order valence-electron chi connectivity index (χ0n) is 11.5. The van der Waals surface area contributed by atoms with Gasteiger partial charge in [-0.15, -0.1) is 0 Å². The van der Waals surface area contributed by atoms with Crippen molar-refractivity contribution in [1.82, 2.24) is 15.5 Å². The van der Waals surface area contributed by atoms with E-state index in [0.717, 1.165) is 32.7 Å². The second kappa shape index (κ2) is 7.67. The van der Waals surface area contributed by atoms with Gasteiger partial charge in [-0.1, -0.05) is 20.8 Å². The predicted octanol–water partition coefficient (Wildman–Crippen LogP) is 0.690. The van der Waals surface area contributed by atoms with Gasteiger partial charge in [0.25, 0.3) is 0 Å². The van der Waals surface area contributed by atoms with Crippen LogP contribution >= 0.6 is 0 Å². The number of amides is 1. The third kappa shape index (κ3) is 5.04. The van der Waals surface area contributed by atoms with Gasteiger partial charge in [-0.05, 0) is 32.0 Å². The van der Waals surface area contributed by atoms with E-state index in [2.05, 4.69) is 29.4 Å². The Morgan fingerprint density at radius 3 is 2.82 bits per heavy atom. The molecular weight excluding hydrogens is 214 g/mol. The van der Waals surface area contributed by atoms with Crippen molar-refractivity contribution < 1.29 is 4.79 Å². The number of nitrogens with zero attached hydrogens (tertiary/aromatic N) is 1. The van der Waals surface area contributed by atoms with Crippen molar-refractivity contribution in [2.24, 2.45) is 11.8 Å². The molecule has 0 spiro atoms. The van der Waals surface area contributed by atoms with Gasteiger partial charge in [0, 0.05) is 25.6 Å². The van der Waals surface area contributed by atoms with Gasteiger partial charge >= 0.3 is 0 Å². The predicted molar refractivity (Wildman–Crippen MR) is 70.9 cm³/mol. The molecule has 1 fully saturated rings. The molecule has 2 unspecified atom stereocenters. The van der Waals surface area contributed by atoms with E-state index in [9.17, 15) is 4.79 Å². The second-order valence-electron chi connectivity index (χ2n) is 5.00. The van der Waals surface area contributed by atoms with E-state index in [-0.39, 0.29) is 11.8 Å². The maximum absolute atomic E-state index is 11.8. The molecule has 0 radical (unpaired) electrons. The summed E-state index contributed by atoms with van der Waals surface area (Å²) in [6.07, 6.45) is 1.22. The highest BCUT2D eigenvalue weighted by atomic mass is 16.1. The zero-order valence-corrected chi connectivity index (χ0v) is 11.5. The van der Waals surface area contributed by atoms with E-state index in [0.29, 0.717) is 5.92 Å². The molecule has 1 amide bonds. The zero-order chi connectivity index (χ0) is 12.7. The van der Waals surface area contributed by atoms with Crippen molar-refractivity contribution in [3.8, 4) is 0 Å². The number of nitrogens with one attached hydrogen (secondary N) is 2. The molecule has 4 heteroatoms. The molecule has 17 heavy (non-hydrogen) atoms. The molecule has 0 saturated carbocycles. The summed E-state index contributed by atoms with van der Waals surface area (Å²) in [7, 11) is 0. The molecular formula is C13H27N3O. The first kappa shape index (κ1) is 14.5. The van der Waals surface area contributed by atoms with Gasteiger partial charge in [-0.25, -0.2) is 0 Å². The molecule has 0 aliphatic carbocycles. The van der Waals surface area contributed by atoms with E-state index in [4.69, 9.17) is 0 Å². The van der Waals surface area contributed by atoms with Crippen LogP contribution in [0, 0.1) is 11.8 Å². The largest absolute Gasteiger partial charge is 0.356 e. The summed E-state index contributed by atoms with van der Waals surface area (Å²) in [4.78, 5) is 14.2. The van der Waals surface area contributed by atoms with Crippen LogP contribution in [0.5, 0.6) is 0 Å². The lowest BCUT2D eigenvalue weighted by Crippen LogP contribution is -2.38. The van der Waals surface area contributed by atoms with Crippen molar-refractivity contribution in [3.05, 3.63) is 0 Å². The summed E-state index contributed by atoms with van der Waals surface area (Å²) >= 11 is 0. The number of carbonyl (C=O) groups is 1. The Balaban J connectivity index is 2.15. The smallest absolute Gasteiger partial charge is 0.224 e. The molecule has 100 valence electrons. The monoisotopic (exact) mass is 241 g/mol. The van der Waals surface area contributed by atoms with E-state index >= 15 is 0 Å². The molecule has 0 aromatic heterocycles. The Morgan fingerprint density at radius 2 is 2.24 bits per heavy atom. The molecule has 1 aliphatic heterocycles. The molecule has 1 heterocycles. The number of hydrogen-bond acceptors (Lipinski definition) is 3. The van der Waals surface area contributed by atoms with Crippen LogP contribution in [0.15, 0.2) is 0 Å². The lowest BCUT2D eigenvalue weighted by atomic mass is 10.1. The summed E-state index contributed by atoms with van der Waals surface area (Å²) < 4.78 is 0. The standard InChI is InChI=1S/C13H27N3O/c1-4-14-8-11(3)13(17)15-9-12-6-7-16(5-2)10-12/h11-12,14H,4-10H2,1-3H3,(H,15,17). The van der Waals surface area contributed by atoms with Crippen LogP contribution in [0.2, 0.25) is 0 Å². The fourth-order valence-corrected chi connectivity index (χ4v) is 2.24. The highest BCUT2D eigenvalue weighted by Crippen LogP contribution is 2.14. The molecule has 1 saturated heterocycles. The normalized spacial score (nSPS) is 22.6. The first-order chi connectivity index (χ1) is 8.17. The van der Waals surface area contributed by atoms with Gasteiger partial charge in [0.2, 0.25) is 5.91 Å². The molecule has 0 aromatic carbocycles. The van der Waals surface area contributed by atoms with Gasteiger partial charge < -0.3 is 15.5 Å². The first-order valence-corrected chi connectivity index (χ1v) is 6.88. The average Bonchev–Trinajstić information content (AvgIpc) is 2.80. The van der Waals surface area contributed by atoms with Gasteiger partial charge in [-0.3, -0.25) is 4.79 Å². The van der Waals surface area contributed by atoms with Crippen molar-refractivity contribution in [3.63, 3.8) is 0 Å². The quantitative estimate of drug-likeness (QED) is 0.689. The van der Waals surface area contributed by atoms with Crippen LogP contribution in [-0.4, -0.2) is 50.1 Å². The van der Waals surface area contributed by atoms with E-state index in [1.54, 1.807) is 0 Å². The number of carbonyl (C=O) groups excluding carboxylic acids is 1. The minimum atomic E-state index is 0.0682. The molecule has 4 nitrogen and oxygen atoms in total. The SMILES string of the molecule is CCNCC(C)C(=O)NCC1CCN(CC)C1. The summed E-state index contributed by atoms with van der Waals surface area (Å²) in [5.74, 6) is 0.893. The van der Waals surface area contributed by atoms with Crippen LogP contribution in [0.4, 0.5) is 0 Å². The molecule has 2 atom stereocenters.